The van der Waals surface area contributed by atoms with Crippen molar-refractivity contribution in [1.29, 1.82) is 0 Å². The van der Waals surface area contributed by atoms with E-state index in [1.807, 2.05) is 25.7 Å². The number of carbonyl (C=O) groups excluding carboxylic acids is 1. The van der Waals surface area contributed by atoms with Gasteiger partial charge in [-0.15, -0.1) is 0 Å². The van der Waals surface area contributed by atoms with Gasteiger partial charge < -0.3 is 9.64 Å². The zero-order valence-corrected chi connectivity index (χ0v) is 13.5. The number of nitrogens with zero attached hydrogens (tertiary/aromatic N) is 1. The van der Waals surface area contributed by atoms with Gasteiger partial charge in [-0.05, 0) is 59.3 Å². The average Bonchev–Trinajstić information content (AvgIpc) is 2.37. The Labute approximate surface area is 124 Å². The van der Waals surface area contributed by atoms with Gasteiger partial charge in [-0.25, -0.2) is 4.79 Å². The van der Waals surface area contributed by atoms with Gasteiger partial charge in [-0.3, -0.25) is 0 Å². The first-order chi connectivity index (χ1) is 9.49. The molecule has 3 nitrogen and oxygen atoms in total. The minimum atomic E-state index is -0.401. The molecule has 3 heteroatoms. The Hall–Kier alpha value is -0.990. The van der Waals surface area contributed by atoms with Crippen molar-refractivity contribution in [2.45, 2.75) is 77.7 Å². The fourth-order valence-electron chi connectivity index (χ4n) is 2.34. The van der Waals surface area contributed by atoms with Gasteiger partial charge in [0.25, 0.3) is 0 Å². The molecule has 1 heterocycles. The van der Waals surface area contributed by atoms with Gasteiger partial charge >= 0.3 is 6.09 Å². The van der Waals surface area contributed by atoms with Crippen molar-refractivity contribution >= 4 is 6.09 Å². The number of amides is 1. The third-order valence-electron chi connectivity index (χ3n) is 3.42. The van der Waals surface area contributed by atoms with Gasteiger partial charge in [0.05, 0.1) is 0 Å². The normalized spacial score (nSPS) is 21.2. The molecule has 0 atom stereocenters. The molecular weight excluding hydrogens is 250 g/mol. The van der Waals surface area contributed by atoms with E-state index in [0.717, 1.165) is 25.9 Å². The smallest absolute Gasteiger partial charge is 0.410 e. The summed E-state index contributed by atoms with van der Waals surface area (Å²) in [4.78, 5) is 14.1. The van der Waals surface area contributed by atoms with E-state index in [9.17, 15) is 4.79 Å². The molecule has 1 aliphatic heterocycles. The molecule has 1 rings (SSSR count). The summed E-state index contributed by atoms with van der Waals surface area (Å²) in [6.45, 7) is 7.45. The summed E-state index contributed by atoms with van der Waals surface area (Å²) in [5.41, 5.74) is -0.401. The fourth-order valence-corrected chi connectivity index (χ4v) is 2.34. The lowest BCUT2D eigenvalue weighted by Gasteiger charge is -2.27. The van der Waals surface area contributed by atoms with Crippen LogP contribution in [0, 0.1) is 0 Å². The largest absolute Gasteiger partial charge is 0.444 e. The van der Waals surface area contributed by atoms with Crippen LogP contribution in [0.1, 0.15) is 72.1 Å². The molecule has 0 saturated heterocycles. The van der Waals surface area contributed by atoms with Crippen LogP contribution in [0.15, 0.2) is 12.2 Å². The first-order valence-electron chi connectivity index (χ1n) is 8.12. The van der Waals surface area contributed by atoms with E-state index < -0.39 is 5.60 Å². The van der Waals surface area contributed by atoms with Crippen LogP contribution in [0.4, 0.5) is 4.79 Å². The first-order valence-corrected chi connectivity index (χ1v) is 8.12. The Morgan fingerprint density at radius 3 is 1.85 bits per heavy atom. The van der Waals surface area contributed by atoms with Crippen LogP contribution in [0.3, 0.4) is 0 Å². The lowest BCUT2D eigenvalue weighted by atomic mass is 10.1. The standard InChI is InChI=1S/C17H31NO2/c1-17(2,3)20-16(19)18-14-12-10-8-6-4-5-7-9-11-13-15-18/h4-5H,6-15H2,1-3H3/b5-4+. The van der Waals surface area contributed by atoms with Crippen molar-refractivity contribution in [2.75, 3.05) is 13.1 Å². The molecule has 0 aromatic heterocycles. The molecule has 0 radical (unpaired) electrons. The van der Waals surface area contributed by atoms with E-state index in [-0.39, 0.29) is 6.09 Å². The number of hydrogen-bond donors (Lipinski definition) is 0. The summed E-state index contributed by atoms with van der Waals surface area (Å²) in [5, 5.41) is 0. The summed E-state index contributed by atoms with van der Waals surface area (Å²) in [7, 11) is 0. The molecule has 1 aliphatic rings. The molecule has 1 amide bonds. The molecule has 0 unspecified atom stereocenters. The minimum Gasteiger partial charge on any atom is -0.444 e. The van der Waals surface area contributed by atoms with Crippen LogP contribution < -0.4 is 0 Å². The second kappa shape index (κ2) is 9.04. The Morgan fingerprint density at radius 1 is 0.900 bits per heavy atom. The Bertz CT molecular complexity index is 289. The third-order valence-corrected chi connectivity index (χ3v) is 3.42. The van der Waals surface area contributed by atoms with Crippen molar-refractivity contribution in [3.05, 3.63) is 12.2 Å². The lowest BCUT2D eigenvalue weighted by molar-refractivity contribution is 0.0243. The van der Waals surface area contributed by atoms with Crippen molar-refractivity contribution in [2.24, 2.45) is 0 Å². The molecular formula is C17H31NO2. The van der Waals surface area contributed by atoms with E-state index in [2.05, 4.69) is 12.2 Å². The summed E-state index contributed by atoms with van der Waals surface area (Å²) < 4.78 is 5.50. The van der Waals surface area contributed by atoms with E-state index in [0.29, 0.717) is 0 Å². The van der Waals surface area contributed by atoms with Crippen LogP contribution in [0.25, 0.3) is 0 Å². The van der Waals surface area contributed by atoms with E-state index in [1.165, 1.54) is 38.5 Å². The topological polar surface area (TPSA) is 29.5 Å². The van der Waals surface area contributed by atoms with E-state index >= 15 is 0 Å². The van der Waals surface area contributed by atoms with Crippen molar-refractivity contribution < 1.29 is 9.53 Å². The summed E-state index contributed by atoms with van der Waals surface area (Å²) in [6, 6.07) is 0. The summed E-state index contributed by atoms with van der Waals surface area (Å²) in [6.07, 6.45) is 13.8. The Morgan fingerprint density at radius 2 is 1.40 bits per heavy atom. The molecule has 0 N–H and O–H groups in total. The minimum absolute atomic E-state index is 0.148. The number of rotatable bonds is 0. The van der Waals surface area contributed by atoms with Crippen LogP contribution in [0.2, 0.25) is 0 Å². The highest BCUT2D eigenvalue weighted by atomic mass is 16.6. The number of hydrogen-bond acceptors (Lipinski definition) is 2. The molecule has 116 valence electrons. The second-order valence-electron chi connectivity index (χ2n) is 6.64. The molecule has 0 saturated carbocycles. The molecule has 0 aromatic rings. The maximum atomic E-state index is 12.2. The van der Waals surface area contributed by atoms with Crippen LogP contribution >= 0.6 is 0 Å². The average molecular weight is 281 g/mol. The third kappa shape index (κ3) is 8.23. The number of allylic oxidation sites excluding steroid dienone is 2. The summed E-state index contributed by atoms with van der Waals surface area (Å²) >= 11 is 0. The molecule has 0 bridgehead atoms. The lowest BCUT2D eigenvalue weighted by Crippen LogP contribution is -2.38. The maximum absolute atomic E-state index is 12.2. The van der Waals surface area contributed by atoms with Crippen molar-refractivity contribution in [1.82, 2.24) is 4.90 Å². The van der Waals surface area contributed by atoms with Crippen LogP contribution in [-0.2, 0) is 4.74 Å². The highest BCUT2D eigenvalue weighted by Crippen LogP contribution is 2.13. The van der Waals surface area contributed by atoms with Crippen LogP contribution in [-0.4, -0.2) is 29.7 Å². The molecule has 0 aromatic carbocycles. The van der Waals surface area contributed by atoms with Gasteiger partial charge in [0.2, 0.25) is 0 Å². The Kier molecular flexibility index (Phi) is 7.71. The Balaban J connectivity index is 2.47. The molecule has 0 aliphatic carbocycles. The summed E-state index contributed by atoms with van der Waals surface area (Å²) in [5.74, 6) is 0. The molecule has 0 spiro atoms. The number of ether oxygens (including phenoxy) is 1. The van der Waals surface area contributed by atoms with E-state index in [1.54, 1.807) is 0 Å². The molecule has 20 heavy (non-hydrogen) atoms. The molecule has 0 fully saturated rings. The quantitative estimate of drug-likeness (QED) is 0.590. The van der Waals surface area contributed by atoms with Gasteiger partial charge in [-0.2, -0.15) is 0 Å². The van der Waals surface area contributed by atoms with Gasteiger partial charge in [0.15, 0.2) is 0 Å². The van der Waals surface area contributed by atoms with Gasteiger partial charge in [-0.1, -0.05) is 25.0 Å². The first kappa shape index (κ1) is 17.1. The fraction of sp³-hybridized carbons (Fsp3) is 0.824. The van der Waals surface area contributed by atoms with Crippen molar-refractivity contribution in [3.63, 3.8) is 0 Å². The maximum Gasteiger partial charge on any atom is 0.410 e. The predicted octanol–water partition coefficient (Wildman–Crippen LogP) is 4.91. The highest BCUT2D eigenvalue weighted by molar-refractivity contribution is 5.68. The zero-order chi connectivity index (χ0) is 14.8. The van der Waals surface area contributed by atoms with Crippen molar-refractivity contribution in [3.8, 4) is 0 Å². The monoisotopic (exact) mass is 281 g/mol. The number of carbonyl (C=O) groups is 1. The SMILES string of the molecule is CC(C)(C)OC(=O)N1CCCCC/C=C/CCCCC1. The highest BCUT2D eigenvalue weighted by Gasteiger charge is 2.21. The van der Waals surface area contributed by atoms with Gasteiger partial charge in [0.1, 0.15) is 5.60 Å². The zero-order valence-electron chi connectivity index (χ0n) is 13.5. The van der Waals surface area contributed by atoms with Gasteiger partial charge in [0, 0.05) is 13.1 Å². The predicted molar refractivity (Wildman–Crippen MR) is 83.9 cm³/mol. The van der Waals surface area contributed by atoms with E-state index in [4.69, 9.17) is 4.74 Å². The second-order valence-corrected chi connectivity index (χ2v) is 6.64. The van der Waals surface area contributed by atoms with Crippen LogP contribution in [0.5, 0.6) is 0 Å².